The van der Waals surface area contributed by atoms with Gasteiger partial charge in [-0.05, 0) is 6.92 Å². The van der Waals surface area contributed by atoms with Gasteiger partial charge in [-0.1, -0.05) is 0 Å². The molecule has 1 unspecified atom stereocenters. The summed E-state index contributed by atoms with van der Waals surface area (Å²) in [6.07, 6.45) is -1.94. The Morgan fingerprint density at radius 1 is 1.42 bits per heavy atom. The molecule has 0 aromatic carbocycles. The van der Waals surface area contributed by atoms with Gasteiger partial charge < -0.3 is 14.3 Å². The van der Waals surface area contributed by atoms with Crippen LogP contribution in [0, 0.1) is 0 Å². The number of esters is 1. The SMILES string of the molecule is CNOC(=O)OC(C)C(=O)OC. The van der Waals surface area contributed by atoms with Crippen LogP contribution < -0.4 is 5.48 Å². The van der Waals surface area contributed by atoms with E-state index in [2.05, 4.69) is 19.8 Å². The van der Waals surface area contributed by atoms with Crippen molar-refractivity contribution in [2.45, 2.75) is 13.0 Å². The normalized spacial score (nSPS) is 11.6. The summed E-state index contributed by atoms with van der Waals surface area (Å²) in [5.74, 6) is -0.636. The number of hydroxylamine groups is 1. The molecule has 1 atom stereocenters. The third-order valence-corrected chi connectivity index (χ3v) is 0.992. The van der Waals surface area contributed by atoms with Gasteiger partial charge in [0.1, 0.15) is 0 Å². The number of hydrogen-bond donors (Lipinski definition) is 1. The van der Waals surface area contributed by atoms with Crippen molar-refractivity contribution in [2.75, 3.05) is 14.2 Å². The Kier molecular flexibility index (Phi) is 4.78. The standard InChI is InChI=1S/C6H11NO5/c1-4(5(8)10-3)11-6(9)12-7-2/h4,7H,1-3H3. The van der Waals surface area contributed by atoms with E-state index in [4.69, 9.17) is 0 Å². The fourth-order valence-corrected chi connectivity index (χ4v) is 0.466. The molecule has 0 heterocycles. The van der Waals surface area contributed by atoms with Crippen molar-refractivity contribution in [3.63, 3.8) is 0 Å². The van der Waals surface area contributed by atoms with E-state index in [0.29, 0.717) is 0 Å². The van der Waals surface area contributed by atoms with Crippen molar-refractivity contribution in [2.24, 2.45) is 0 Å². The van der Waals surface area contributed by atoms with Gasteiger partial charge in [0.15, 0.2) is 6.10 Å². The maximum atomic E-state index is 10.7. The molecule has 0 aliphatic heterocycles. The summed E-state index contributed by atoms with van der Waals surface area (Å²) in [6, 6.07) is 0. The smallest absolute Gasteiger partial charge is 0.466 e. The van der Waals surface area contributed by atoms with Crippen molar-refractivity contribution in [1.82, 2.24) is 5.48 Å². The largest absolute Gasteiger partial charge is 0.528 e. The zero-order valence-corrected chi connectivity index (χ0v) is 7.12. The van der Waals surface area contributed by atoms with E-state index in [9.17, 15) is 9.59 Å². The molecule has 0 rings (SSSR count). The van der Waals surface area contributed by atoms with E-state index in [-0.39, 0.29) is 0 Å². The van der Waals surface area contributed by atoms with Crippen LogP contribution in [-0.2, 0) is 19.1 Å². The number of rotatable bonds is 3. The molecule has 0 spiro atoms. The predicted molar refractivity (Wildman–Crippen MR) is 38.1 cm³/mol. The average molecular weight is 177 g/mol. The highest BCUT2D eigenvalue weighted by molar-refractivity contribution is 5.76. The second-order valence-electron chi connectivity index (χ2n) is 1.84. The lowest BCUT2D eigenvalue weighted by atomic mass is 10.4. The monoisotopic (exact) mass is 177 g/mol. The van der Waals surface area contributed by atoms with Gasteiger partial charge in [0.25, 0.3) is 0 Å². The fourth-order valence-electron chi connectivity index (χ4n) is 0.466. The minimum atomic E-state index is -0.976. The first kappa shape index (κ1) is 10.7. The maximum absolute atomic E-state index is 10.7. The van der Waals surface area contributed by atoms with Crippen molar-refractivity contribution in [3.05, 3.63) is 0 Å². The second kappa shape index (κ2) is 5.36. The van der Waals surface area contributed by atoms with Crippen LogP contribution in [0.2, 0.25) is 0 Å². The first-order valence-corrected chi connectivity index (χ1v) is 3.23. The molecular formula is C6H11NO5. The molecule has 0 bridgehead atoms. The molecule has 0 aromatic rings. The lowest BCUT2D eigenvalue weighted by molar-refractivity contribution is -0.151. The summed E-state index contributed by atoms with van der Waals surface area (Å²) in [6.45, 7) is 1.38. The van der Waals surface area contributed by atoms with Gasteiger partial charge in [0.05, 0.1) is 7.11 Å². The van der Waals surface area contributed by atoms with Crippen LogP contribution in [0.3, 0.4) is 0 Å². The highest BCUT2D eigenvalue weighted by atomic mass is 16.8. The topological polar surface area (TPSA) is 73.9 Å². The van der Waals surface area contributed by atoms with E-state index in [0.717, 1.165) is 0 Å². The summed E-state index contributed by atoms with van der Waals surface area (Å²) in [7, 11) is 2.59. The number of ether oxygens (including phenoxy) is 2. The Balaban J connectivity index is 3.75. The second-order valence-corrected chi connectivity index (χ2v) is 1.84. The Morgan fingerprint density at radius 2 is 2.00 bits per heavy atom. The summed E-state index contributed by atoms with van der Waals surface area (Å²) in [4.78, 5) is 25.4. The van der Waals surface area contributed by atoms with Crippen LogP contribution in [0.4, 0.5) is 4.79 Å². The molecule has 0 aromatic heterocycles. The van der Waals surface area contributed by atoms with E-state index in [1.807, 2.05) is 0 Å². The van der Waals surface area contributed by atoms with Gasteiger partial charge in [-0.15, -0.1) is 0 Å². The average Bonchev–Trinajstić information content (AvgIpc) is 2.03. The third-order valence-electron chi connectivity index (χ3n) is 0.992. The zero-order chi connectivity index (χ0) is 9.56. The van der Waals surface area contributed by atoms with E-state index >= 15 is 0 Å². The van der Waals surface area contributed by atoms with Crippen LogP contribution in [0.1, 0.15) is 6.92 Å². The van der Waals surface area contributed by atoms with Gasteiger partial charge in [0, 0.05) is 7.05 Å². The highest BCUT2D eigenvalue weighted by Crippen LogP contribution is 1.95. The molecule has 0 fully saturated rings. The van der Waals surface area contributed by atoms with Gasteiger partial charge >= 0.3 is 12.1 Å². The molecular weight excluding hydrogens is 166 g/mol. The van der Waals surface area contributed by atoms with Crippen LogP contribution in [0.5, 0.6) is 0 Å². The van der Waals surface area contributed by atoms with Gasteiger partial charge in [-0.3, -0.25) is 0 Å². The fraction of sp³-hybridized carbons (Fsp3) is 0.667. The molecule has 70 valence electrons. The zero-order valence-electron chi connectivity index (χ0n) is 7.12. The molecule has 0 aliphatic rings. The van der Waals surface area contributed by atoms with Crippen molar-refractivity contribution in [3.8, 4) is 0 Å². The first-order chi connectivity index (χ1) is 5.61. The Hall–Kier alpha value is -1.30. The summed E-state index contributed by atoms with van der Waals surface area (Å²) >= 11 is 0. The van der Waals surface area contributed by atoms with Crippen molar-refractivity contribution < 1.29 is 23.9 Å². The van der Waals surface area contributed by atoms with E-state index in [1.165, 1.54) is 21.1 Å². The van der Waals surface area contributed by atoms with Crippen molar-refractivity contribution in [1.29, 1.82) is 0 Å². The lowest BCUT2D eigenvalue weighted by Crippen LogP contribution is -2.27. The molecule has 0 amide bonds. The van der Waals surface area contributed by atoms with E-state index < -0.39 is 18.2 Å². The van der Waals surface area contributed by atoms with Gasteiger partial charge in [-0.25, -0.2) is 9.59 Å². The molecule has 0 radical (unpaired) electrons. The van der Waals surface area contributed by atoms with Crippen LogP contribution in [0.15, 0.2) is 0 Å². The van der Waals surface area contributed by atoms with E-state index in [1.54, 1.807) is 0 Å². The lowest BCUT2D eigenvalue weighted by Gasteiger charge is -2.09. The van der Waals surface area contributed by atoms with Gasteiger partial charge in [-0.2, -0.15) is 5.48 Å². The highest BCUT2D eigenvalue weighted by Gasteiger charge is 2.18. The predicted octanol–water partition coefficient (Wildman–Crippen LogP) is -0.165. The number of hydrogen-bond acceptors (Lipinski definition) is 6. The Labute approximate surface area is 69.7 Å². The maximum Gasteiger partial charge on any atom is 0.528 e. The van der Waals surface area contributed by atoms with Crippen LogP contribution in [-0.4, -0.2) is 32.4 Å². The number of methoxy groups -OCH3 is 1. The molecule has 0 saturated heterocycles. The number of carbonyl (C=O) groups excluding carboxylic acids is 2. The van der Waals surface area contributed by atoms with Gasteiger partial charge in [0.2, 0.25) is 0 Å². The molecule has 0 saturated carbocycles. The van der Waals surface area contributed by atoms with Crippen LogP contribution in [0.25, 0.3) is 0 Å². The summed E-state index contributed by atoms with van der Waals surface area (Å²) in [5, 5.41) is 0. The number of nitrogens with one attached hydrogen (secondary N) is 1. The quantitative estimate of drug-likeness (QED) is 0.476. The molecule has 12 heavy (non-hydrogen) atoms. The molecule has 6 nitrogen and oxygen atoms in total. The molecule has 0 aliphatic carbocycles. The van der Waals surface area contributed by atoms with Crippen LogP contribution >= 0.6 is 0 Å². The summed E-state index contributed by atoms with van der Waals surface area (Å²) in [5.41, 5.74) is 2.10. The minimum absolute atomic E-state index is 0.636. The molecule has 1 N–H and O–H groups in total. The minimum Gasteiger partial charge on any atom is -0.466 e. The number of carbonyl (C=O) groups is 2. The molecule has 6 heteroatoms. The summed E-state index contributed by atoms with van der Waals surface area (Å²) < 4.78 is 8.74. The van der Waals surface area contributed by atoms with Crippen molar-refractivity contribution >= 4 is 12.1 Å². The third kappa shape index (κ3) is 3.77. The first-order valence-electron chi connectivity index (χ1n) is 3.23. The Morgan fingerprint density at radius 3 is 2.42 bits per heavy atom. The Bertz CT molecular complexity index is 169.